The number of hydrogen-bond acceptors (Lipinski definition) is 3. The number of nitrogens with one attached hydrogen (secondary N) is 1. The predicted molar refractivity (Wildman–Crippen MR) is 82.4 cm³/mol. The molecule has 20 heavy (non-hydrogen) atoms. The van der Waals surface area contributed by atoms with Crippen molar-refractivity contribution in [3.8, 4) is 5.88 Å². The lowest BCUT2D eigenvalue weighted by Gasteiger charge is -2.09. The molecule has 1 N–H and O–H groups in total. The van der Waals surface area contributed by atoms with Gasteiger partial charge in [0.15, 0.2) is 0 Å². The summed E-state index contributed by atoms with van der Waals surface area (Å²) in [5.74, 6) is 0.446. The smallest absolute Gasteiger partial charge is 0.232 e. The maximum atomic E-state index is 6.16. The highest BCUT2D eigenvalue weighted by Gasteiger charge is 2.05. The van der Waals surface area contributed by atoms with Crippen molar-refractivity contribution < 1.29 is 4.74 Å². The lowest BCUT2D eigenvalue weighted by atomic mass is 10.2. The van der Waals surface area contributed by atoms with Crippen LogP contribution in [-0.4, -0.2) is 11.5 Å². The molecule has 0 aliphatic rings. The van der Waals surface area contributed by atoms with Gasteiger partial charge in [-0.15, -0.1) is 0 Å². The molecule has 0 aliphatic heterocycles. The fraction of sp³-hybridized carbons (Fsp3) is 0.267. The van der Waals surface area contributed by atoms with Crippen LogP contribution in [0.1, 0.15) is 18.1 Å². The van der Waals surface area contributed by atoms with Gasteiger partial charge < -0.3 is 10.1 Å². The number of hydrogen-bond donors (Lipinski definition) is 1. The van der Waals surface area contributed by atoms with E-state index in [0.29, 0.717) is 22.5 Å². The van der Waals surface area contributed by atoms with Gasteiger partial charge in [-0.1, -0.05) is 42.3 Å². The zero-order valence-corrected chi connectivity index (χ0v) is 12.7. The molecule has 0 radical (unpaired) electrons. The number of nitrogens with zero attached hydrogens (tertiary/aromatic N) is 1. The Morgan fingerprint density at radius 2 is 1.90 bits per heavy atom. The lowest BCUT2D eigenvalue weighted by Crippen LogP contribution is -2.12. The van der Waals surface area contributed by atoms with Crippen molar-refractivity contribution in [2.24, 2.45) is 0 Å². The molecule has 0 bridgehead atoms. The molecule has 1 heterocycles. The average Bonchev–Trinajstić information content (AvgIpc) is 2.46. The van der Waals surface area contributed by atoms with Gasteiger partial charge in [0.2, 0.25) is 5.88 Å². The van der Waals surface area contributed by atoms with E-state index in [4.69, 9.17) is 27.9 Å². The summed E-state index contributed by atoms with van der Waals surface area (Å²) in [6.45, 7) is 4.13. The monoisotopic (exact) mass is 310 g/mol. The Labute approximate surface area is 128 Å². The number of pyridine rings is 1. The van der Waals surface area contributed by atoms with E-state index in [2.05, 4.69) is 17.2 Å². The minimum atomic E-state index is 0.413. The summed E-state index contributed by atoms with van der Waals surface area (Å²) < 4.78 is 5.62. The SMILES string of the molecule is CCNCc1cnc(OCc2ccc(Cl)cc2)c(Cl)c1. The third-order valence-corrected chi connectivity index (χ3v) is 3.25. The lowest BCUT2D eigenvalue weighted by molar-refractivity contribution is 0.294. The van der Waals surface area contributed by atoms with E-state index >= 15 is 0 Å². The van der Waals surface area contributed by atoms with Gasteiger partial charge in [0.25, 0.3) is 0 Å². The number of benzene rings is 1. The maximum Gasteiger partial charge on any atom is 0.232 e. The molecule has 0 spiro atoms. The Bertz CT molecular complexity index is 558. The number of halogens is 2. The summed E-state index contributed by atoms with van der Waals surface area (Å²) >= 11 is 12.0. The molecule has 5 heteroatoms. The Morgan fingerprint density at radius 1 is 1.15 bits per heavy atom. The second-order valence-corrected chi connectivity index (χ2v) is 5.17. The highest BCUT2D eigenvalue weighted by Crippen LogP contribution is 2.23. The van der Waals surface area contributed by atoms with Crippen LogP contribution in [0.3, 0.4) is 0 Å². The van der Waals surface area contributed by atoms with Gasteiger partial charge in [-0.3, -0.25) is 0 Å². The Hall–Kier alpha value is -1.29. The third kappa shape index (κ3) is 4.37. The summed E-state index contributed by atoms with van der Waals surface area (Å²) in [5, 5.41) is 4.45. The first kappa shape index (κ1) is 15.1. The molecule has 0 saturated heterocycles. The highest BCUT2D eigenvalue weighted by molar-refractivity contribution is 6.31. The fourth-order valence-electron chi connectivity index (χ4n) is 1.67. The summed E-state index contributed by atoms with van der Waals surface area (Å²) in [6, 6.07) is 9.35. The largest absolute Gasteiger partial charge is 0.472 e. The minimum Gasteiger partial charge on any atom is -0.472 e. The first-order chi connectivity index (χ1) is 9.69. The van der Waals surface area contributed by atoms with Crippen LogP contribution >= 0.6 is 23.2 Å². The van der Waals surface area contributed by atoms with Crippen molar-refractivity contribution in [1.29, 1.82) is 0 Å². The number of rotatable bonds is 6. The first-order valence-electron chi connectivity index (χ1n) is 6.41. The summed E-state index contributed by atoms with van der Waals surface area (Å²) in [4.78, 5) is 4.24. The van der Waals surface area contributed by atoms with Gasteiger partial charge in [-0.25, -0.2) is 4.98 Å². The van der Waals surface area contributed by atoms with Crippen molar-refractivity contribution in [3.63, 3.8) is 0 Å². The van der Waals surface area contributed by atoms with E-state index in [1.807, 2.05) is 30.3 Å². The average molecular weight is 311 g/mol. The van der Waals surface area contributed by atoms with Gasteiger partial charge in [-0.2, -0.15) is 0 Å². The molecule has 0 aliphatic carbocycles. The van der Waals surface area contributed by atoms with Crippen LogP contribution in [0.2, 0.25) is 10.0 Å². The van der Waals surface area contributed by atoms with Gasteiger partial charge in [0, 0.05) is 17.8 Å². The summed E-state index contributed by atoms with van der Waals surface area (Å²) in [5.41, 5.74) is 2.06. The molecule has 0 atom stereocenters. The van der Waals surface area contributed by atoms with Crippen LogP contribution in [0.4, 0.5) is 0 Å². The van der Waals surface area contributed by atoms with Crippen molar-refractivity contribution in [2.45, 2.75) is 20.1 Å². The first-order valence-corrected chi connectivity index (χ1v) is 7.17. The molecular formula is C15H16Cl2N2O. The molecular weight excluding hydrogens is 295 g/mol. The minimum absolute atomic E-state index is 0.413. The van der Waals surface area contributed by atoms with E-state index in [9.17, 15) is 0 Å². The maximum absolute atomic E-state index is 6.16. The molecule has 1 aromatic heterocycles. The zero-order valence-electron chi connectivity index (χ0n) is 11.2. The zero-order chi connectivity index (χ0) is 14.4. The standard InChI is InChI=1S/C15H16Cl2N2O/c1-2-18-8-12-7-14(17)15(19-9-12)20-10-11-3-5-13(16)6-4-11/h3-7,9,18H,2,8,10H2,1H3. The molecule has 0 amide bonds. The Kier molecular flexibility index (Phi) is 5.65. The van der Waals surface area contributed by atoms with Gasteiger partial charge >= 0.3 is 0 Å². The molecule has 0 unspecified atom stereocenters. The van der Waals surface area contributed by atoms with Gasteiger partial charge in [-0.05, 0) is 35.9 Å². The molecule has 2 aromatic rings. The van der Waals surface area contributed by atoms with E-state index in [1.165, 1.54) is 0 Å². The van der Waals surface area contributed by atoms with Crippen LogP contribution in [0.25, 0.3) is 0 Å². The van der Waals surface area contributed by atoms with Crippen LogP contribution < -0.4 is 10.1 Å². The van der Waals surface area contributed by atoms with E-state index in [0.717, 1.165) is 24.2 Å². The van der Waals surface area contributed by atoms with Crippen LogP contribution in [0.5, 0.6) is 5.88 Å². The molecule has 0 saturated carbocycles. The fourth-order valence-corrected chi connectivity index (χ4v) is 2.04. The van der Waals surface area contributed by atoms with E-state index in [1.54, 1.807) is 6.20 Å². The molecule has 106 valence electrons. The number of aromatic nitrogens is 1. The normalized spacial score (nSPS) is 10.6. The van der Waals surface area contributed by atoms with Crippen molar-refractivity contribution >= 4 is 23.2 Å². The molecule has 0 fully saturated rings. The Morgan fingerprint density at radius 3 is 2.55 bits per heavy atom. The highest BCUT2D eigenvalue weighted by atomic mass is 35.5. The topological polar surface area (TPSA) is 34.2 Å². The van der Waals surface area contributed by atoms with Gasteiger partial charge in [0.1, 0.15) is 11.6 Å². The van der Waals surface area contributed by atoms with Crippen molar-refractivity contribution in [3.05, 3.63) is 57.7 Å². The second-order valence-electron chi connectivity index (χ2n) is 4.33. The van der Waals surface area contributed by atoms with Crippen LogP contribution in [0.15, 0.2) is 36.5 Å². The third-order valence-electron chi connectivity index (χ3n) is 2.73. The second kappa shape index (κ2) is 7.48. The molecule has 3 nitrogen and oxygen atoms in total. The summed E-state index contributed by atoms with van der Waals surface area (Å²) in [7, 11) is 0. The Balaban J connectivity index is 1.97. The molecule has 1 aromatic carbocycles. The van der Waals surface area contributed by atoms with E-state index in [-0.39, 0.29) is 0 Å². The van der Waals surface area contributed by atoms with Crippen LogP contribution in [-0.2, 0) is 13.2 Å². The van der Waals surface area contributed by atoms with Crippen LogP contribution in [0, 0.1) is 0 Å². The summed E-state index contributed by atoms with van der Waals surface area (Å²) in [6.07, 6.45) is 1.77. The molecule has 2 rings (SSSR count). The quantitative estimate of drug-likeness (QED) is 0.873. The van der Waals surface area contributed by atoms with Crippen molar-refractivity contribution in [1.82, 2.24) is 10.3 Å². The van der Waals surface area contributed by atoms with E-state index < -0.39 is 0 Å². The predicted octanol–water partition coefficient (Wildman–Crippen LogP) is 4.08. The van der Waals surface area contributed by atoms with Crippen molar-refractivity contribution in [2.75, 3.05) is 6.54 Å². The van der Waals surface area contributed by atoms with Gasteiger partial charge in [0.05, 0.1) is 0 Å². The number of ether oxygens (including phenoxy) is 1.